The molecule has 0 unspecified atom stereocenters. The lowest BCUT2D eigenvalue weighted by molar-refractivity contribution is 0.728. The van der Waals surface area contributed by atoms with Crippen LogP contribution in [0.4, 0.5) is 10.7 Å². The van der Waals surface area contributed by atoms with E-state index in [9.17, 15) is 0 Å². The Bertz CT molecular complexity index is 973. The standard InChI is InChI=1S/C23H24N2S/c1-14(2)20-13-21-22(17(5)25(20)18-10-8-7-9-11-18)16(4)19-12-15(3)26-23(19)24(21)6/h7-14H,4-5H2,1-3,6H3. The summed E-state index contributed by atoms with van der Waals surface area (Å²) in [6, 6.07) is 12.7. The molecule has 26 heavy (non-hydrogen) atoms. The van der Waals surface area contributed by atoms with Crippen molar-refractivity contribution in [2.75, 3.05) is 16.8 Å². The molecule has 0 aliphatic carbocycles. The van der Waals surface area contributed by atoms with E-state index in [0.717, 1.165) is 22.5 Å². The van der Waals surface area contributed by atoms with Crippen LogP contribution in [0.5, 0.6) is 0 Å². The average molecular weight is 361 g/mol. The number of benzene rings is 1. The van der Waals surface area contributed by atoms with E-state index in [1.807, 2.05) is 17.4 Å². The molecule has 0 spiro atoms. The van der Waals surface area contributed by atoms with Crippen molar-refractivity contribution < 1.29 is 0 Å². The molecule has 0 N–H and O–H groups in total. The fraction of sp³-hybridized carbons (Fsp3) is 0.217. The van der Waals surface area contributed by atoms with E-state index >= 15 is 0 Å². The van der Waals surface area contributed by atoms with Crippen LogP contribution in [0, 0.1) is 12.8 Å². The Hall–Kier alpha value is -2.52. The Morgan fingerprint density at radius 3 is 2.42 bits per heavy atom. The second-order valence-electron chi connectivity index (χ2n) is 7.22. The van der Waals surface area contributed by atoms with Gasteiger partial charge in [-0.05, 0) is 42.7 Å². The second-order valence-corrected chi connectivity index (χ2v) is 8.45. The van der Waals surface area contributed by atoms with E-state index in [1.165, 1.54) is 26.8 Å². The van der Waals surface area contributed by atoms with Gasteiger partial charge in [0.1, 0.15) is 5.00 Å². The number of rotatable bonds is 2. The molecule has 132 valence electrons. The monoisotopic (exact) mass is 360 g/mol. The van der Waals surface area contributed by atoms with Crippen LogP contribution in [0.25, 0.3) is 5.57 Å². The number of aryl methyl sites for hydroxylation is 1. The Balaban J connectivity index is 1.91. The lowest BCUT2D eigenvalue weighted by atomic mass is 9.87. The van der Waals surface area contributed by atoms with Crippen LogP contribution < -0.4 is 9.80 Å². The largest absolute Gasteiger partial charge is 0.335 e. The second kappa shape index (κ2) is 6.03. The maximum atomic E-state index is 4.50. The molecule has 1 aromatic carbocycles. The smallest absolute Gasteiger partial charge is 0.103 e. The quantitative estimate of drug-likeness (QED) is 0.616. The minimum absolute atomic E-state index is 0.383. The molecular formula is C23H24N2S. The van der Waals surface area contributed by atoms with E-state index in [1.54, 1.807) is 0 Å². The molecule has 0 radical (unpaired) electrons. The zero-order chi connectivity index (χ0) is 18.6. The number of allylic oxidation sites excluding steroid dienone is 3. The van der Waals surface area contributed by atoms with Crippen LogP contribution in [0.3, 0.4) is 0 Å². The minimum Gasteiger partial charge on any atom is -0.335 e. The highest BCUT2D eigenvalue weighted by molar-refractivity contribution is 7.16. The van der Waals surface area contributed by atoms with Gasteiger partial charge in [0.05, 0.1) is 5.70 Å². The van der Waals surface area contributed by atoms with Crippen LogP contribution in [0.1, 0.15) is 24.3 Å². The Labute approximate surface area is 160 Å². The van der Waals surface area contributed by atoms with Crippen molar-refractivity contribution in [1.82, 2.24) is 0 Å². The SMILES string of the molecule is C=C1C2=C(C=C(C(C)C)N(c3ccccc3)C2=C)N(C)c2sc(C)cc21. The van der Waals surface area contributed by atoms with Gasteiger partial charge in [0.25, 0.3) is 0 Å². The lowest BCUT2D eigenvalue weighted by Gasteiger charge is -2.41. The van der Waals surface area contributed by atoms with Crippen molar-refractivity contribution in [3.05, 3.63) is 88.7 Å². The van der Waals surface area contributed by atoms with Crippen molar-refractivity contribution in [2.24, 2.45) is 5.92 Å². The average Bonchev–Trinajstić information content (AvgIpc) is 3.02. The maximum Gasteiger partial charge on any atom is 0.103 e. The fourth-order valence-electron chi connectivity index (χ4n) is 3.80. The lowest BCUT2D eigenvalue weighted by Crippen LogP contribution is -2.34. The van der Waals surface area contributed by atoms with Crippen LogP contribution in [-0.2, 0) is 0 Å². The van der Waals surface area contributed by atoms with E-state index in [0.29, 0.717) is 5.92 Å². The van der Waals surface area contributed by atoms with Crippen LogP contribution in [0.15, 0.2) is 78.3 Å². The summed E-state index contributed by atoms with van der Waals surface area (Å²) in [5, 5.41) is 1.27. The van der Waals surface area contributed by atoms with E-state index in [-0.39, 0.29) is 0 Å². The summed E-state index contributed by atoms with van der Waals surface area (Å²) in [5.74, 6) is 0.383. The fourth-order valence-corrected chi connectivity index (χ4v) is 4.81. The number of likely N-dealkylation sites (N-methyl/N-ethyl adjacent to an activating group) is 1. The summed E-state index contributed by atoms with van der Waals surface area (Å²) in [4.78, 5) is 5.89. The molecule has 0 saturated carbocycles. The molecule has 2 aliphatic heterocycles. The number of thiophene rings is 1. The van der Waals surface area contributed by atoms with Gasteiger partial charge in [0.2, 0.25) is 0 Å². The highest BCUT2D eigenvalue weighted by atomic mass is 32.1. The number of nitrogens with zero attached hydrogens (tertiary/aromatic N) is 2. The number of fused-ring (bicyclic) bond motifs is 1. The van der Waals surface area contributed by atoms with Crippen molar-refractivity contribution >= 4 is 27.6 Å². The normalized spacial score (nSPS) is 16.9. The van der Waals surface area contributed by atoms with E-state index in [4.69, 9.17) is 0 Å². The van der Waals surface area contributed by atoms with E-state index < -0.39 is 0 Å². The first kappa shape index (κ1) is 16.9. The molecule has 2 nitrogen and oxygen atoms in total. The van der Waals surface area contributed by atoms with Crippen LogP contribution >= 0.6 is 11.3 Å². The molecular weight excluding hydrogens is 336 g/mol. The summed E-state index contributed by atoms with van der Waals surface area (Å²) in [6.45, 7) is 15.6. The van der Waals surface area contributed by atoms with Gasteiger partial charge in [0.15, 0.2) is 0 Å². The Morgan fingerprint density at radius 2 is 1.77 bits per heavy atom. The van der Waals surface area contributed by atoms with Gasteiger partial charge in [-0.15, -0.1) is 11.3 Å². The minimum atomic E-state index is 0.383. The number of hydrogen-bond donors (Lipinski definition) is 0. The molecule has 3 heterocycles. The summed E-state index contributed by atoms with van der Waals surface area (Å²) in [6.07, 6.45) is 2.31. The molecule has 0 bridgehead atoms. The summed E-state index contributed by atoms with van der Waals surface area (Å²) in [5.41, 5.74) is 8.05. The molecule has 0 amide bonds. The zero-order valence-electron chi connectivity index (χ0n) is 15.8. The third-order valence-electron chi connectivity index (χ3n) is 5.09. The highest BCUT2D eigenvalue weighted by Crippen LogP contribution is 2.50. The van der Waals surface area contributed by atoms with Gasteiger partial charge in [-0.3, -0.25) is 0 Å². The van der Waals surface area contributed by atoms with Gasteiger partial charge in [-0.25, -0.2) is 0 Å². The Morgan fingerprint density at radius 1 is 1.08 bits per heavy atom. The van der Waals surface area contributed by atoms with Crippen LogP contribution in [0.2, 0.25) is 0 Å². The third kappa shape index (κ3) is 2.38. The van der Waals surface area contributed by atoms with Crippen molar-refractivity contribution in [3.63, 3.8) is 0 Å². The maximum absolute atomic E-state index is 4.50. The third-order valence-corrected chi connectivity index (χ3v) is 6.22. The van der Waals surface area contributed by atoms with Crippen molar-refractivity contribution in [1.29, 1.82) is 0 Å². The van der Waals surface area contributed by atoms with Crippen LogP contribution in [-0.4, -0.2) is 7.05 Å². The first-order valence-corrected chi connectivity index (χ1v) is 9.76. The predicted octanol–water partition coefficient (Wildman–Crippen LogP) is 6.35. The first-order chi connectivity index (χ1) is 12.4. The van der Waals surface area contributed by atoms with Gasteiger partial charge >= 0.3 is 0 Å². The number of anilines is 2. The molecule has 0 fully saturated rings. The van der Waals surface area contributed by atoms with Gasteiger partial charge in [0, 0.05) is 40.1 Å². The highest BCUT2D eigenvalue weighted by Gasteiger charge is 2.35. The molecule has 0 atom stereocenters. The molecule has 3 heteroatoms. The first-order valence-electron chi connectivity index (χ1n) is 8.94. The van der Waals surface area contributed by atoms with Gasteiger partial charge in [-0.1, -0.05) is 45.2 Å². The summed E-state index contributed by atoms with van der Waals surface area (Å²) in [7, 11) is 2.15. The number of hydrogen-bond acceptors (Lipinski definition) is 3. The molecule has 1 aromatic heterocycles. The summed E-state index contributed by atoms with van der Waals surface area (Å²) >= 11 is 1.82. The predicted molar refractivity (Wildman–Crippen MR) is 115 cm³/mol. The van der Waals surface area contributed by atoms with Gasteiger partial charge < -0.3 is 9.80 Å². The molecule has 4 rings (SSSR count). The van der Waals surface area contributed by atoms with Crippen molar-refractivity contribution in [3.8, 4) is 0 Å². The molecule has 2 aliphatic rings. The summed E-state index contributed by atoms with van der Waals surface area (Å²) < 4.78 is 0. The topological polar surface area (TPSA) is 6.48 Å². The van der Waals surface area contributed by atoms with Crippen molar-refractivity contribution in [2.45, 2.75) is 20.8 Å². The van der Waals surface area contributed by atoms with E-state index in [2.05, 4.69) is 87.2 Å². The molecule has 2 aromatic rings. The molecule has 0 saturated heterocycles. The zero-order valence-corrected chi connectivity index (χ0v) is 16.7. The number of para-hydroxylation sites is 1. The Kier molecular flexibility index (Phi) is 3.92. The van der Waals surface area contributed by atoms with Gasteiger partial charge in [-0.2, -0.15) is 0 Å².